The highest BCUT2D eigenvalue weighted by molar-refractivity contribution is 7.93. The van der Waals surface area contributed by atoms with Gasteiger partial charge >= 0.3 is 0 Å². The molecule has 1 amide bonds. The molecule has 0 unspecified atom stereocenters. The molecular weight excluding hydrogens is 478 g/mol. The normalized spacial score (nSPS) is 11.3. The van der Waals surface area contributed by atoms with Crippen LogP contribution in [0.2, 0.25) is 5.02 Å². The largest absolute Gasteiger partial charge is 0.451 e. The van der Waals surface area contributed by atoms with Crippen molar-refractivity contribution in [3.63, 3.8) is 0 Å². The Morgan fingerprint density at radius 2 is 1.81 bits per heavy atom. The quantitative estimate of drug-likeness (QED) is 0.296. The number of amides is 1. The number of nitro benzene ring substituents is 1. The number of furan rings is 1. The van der Waals surface area contributed by atoms with Gasteiger partial charge in [-0.2, -0.15) is 0 Å². The number of hydrogen-bond donors (Lipinski definition) is 1. The van der Waals surface area contributed by atoms with Crippen molar-refractivity contribution in [2.75, 3.05) is 5.32 Å². The van der Waals surface area contributed by atoms with Crippen LogP contribution in [-0.4, -0.2) is 24.2 Å². The van der Waals surface area contributed by atoms with E-state index in [0.29, 0.717) is 16.3 Å². The lowest BCUT2D eigenvalue weighted by Crippen LogP contribution is -2.10. The molecule has 0 saturated carbocycles. The number of anilines is 1. The molecule has 0 atom stereocenters. The molecule has 0 bridgehead atoms. The zero-order valence-corrected chi connectivity index (χ0v) is 18.3. The second-order valence-electron chi connectivity index (χ2n) is 6.34. The van der Waals surface area contributed by atoms with Gasteiger partial charge in [-0.15, -0.1) is 0 Å². The van der Waals surface area contributed by atoms with Crippen LogP contribution in [0.1, 0.15) is 10.6 Å². The minimum atomic E-state index is -3.95. The van der Waals surface area contributed by atoms with Crippen molar-refractivity contribution < 1.29 is 22.6 Å². The van der Waals surface area contributed by atoms with Gasteiger partial charge in [-0.05, 0) is 36.4 Å². The Labute approximate surface area is 190 Å². The summed E-state index contributed by atoms with van der Waals surface area (Å²) >= 11 is 6.88. The average molecular weight is 490 g/mol. The van der Waals surface area contributed by atoms with Crippen LogP contribution in [0.4, 0.5) is 10.8 Å². The van der Waals surface area contributed by atoms with Crippen LogP contribution in [-0.2, 0) is 9.84 Å². The number of nitrogens with one attached hydrogen (secondary N) is 1. The number of carbonyl (C=O) groups excluding carboxylic acids is 1. The number of nitrogens with zero attached hydrogens (tertiary/aromatic N) is 2. The van der Waals surface area contributed by atoms with E-state index in [1.165, 1.54) is 6.07 Å². The number of hydrogen-bond acceptors (Lipinski definition) is 8. The Kier molecular flexibility index (Phi) is 5.78. The Balaban J connectivity index is 1.51. The predicted octanol–water partition coefficient (Wildman–Crippen LogP) is 5.05. The number of carbonyl (C=O) groups is 1. The SMILES string of the molecule is O=C(Nc1ncc(S(=O)(=O)c2ccc([N+](=O)[O-])cc2)s1)c1ccc(-c2ccccc2Cl)o1. The summed E-state index contributed by atoms with van der Waals surface area (Å²) in [6, 6.07) is 14.6. The monoisotopic (exact) mass is 489 g/mol. The number of sulfone groups is 1. The fraction of sp³-hybridized carbons (Fsp3) is 0. The molecule has 0 aliphatic carbocycles. The highest BCUT2D eigenvalue weighted by atomic mass is 35.5. The van der Waals surface area contributed by atoms with Gasteiger partial charge in [-0.3, -0.25) is 20.2 Å². The number of rotatable bonds is 6. The minimum Gasteiger partial charge on any atom is -0.451 e. The first-order chi connectivity index (χ1) is 15.3. The van der Waals surface area contributed by atoms with Gasteiger partial charge in [-0.25, -0.2) is 13.4 Å². The third kappa shape index (κ3) is 4.26. The molecule has 2 heterocycles. The van der Waals surface area contributed by atoms with Crippen molar-refractivity contribution in [3.05, 3.63) is 87.8 Å². The van der Waals surface area contributed by atoms with Crippen molar-refractivity contribution in [3.8, 4) is 11.3 Å². The van der Waals surface area contributed by atoms with E-state index in [4.69, 9.17) is 16.0 Å². The van der Waals surface area contributed by atoms with E-state index in [0.717, 1.165) is 41.8 Å². The molecule has 2 aromatic heterocycles. The fourth-order valence-electron chi connectivity index (χ4n) is 2.73. The smallest absolute Gasteiger partial charge is 0.293 e. The van der Waals surface area contributed by atoms with Crippen LogP contribution in [0.5, 0.6) is 0 Å². The zero-order chi connectivity index (χ0) is 22.9. The second-order valence-corrected chi connectivity index (χ2v) is 9.95. The summed E-state index contributed by atoms with van der Waals surface area (Å²) in [6.07, 6.45) is 1.11. The van der Waals surface area contributed by atoms with Crippen LogP contribution in [0, 0.1) is 10.1 Å². The van der Waals surface area contributed by atoms with E-state index in [9.17, 15) is 23.3 Å². The number of nitro groups is 1. The van der Waals surface area contributed by atoms with Crippen LogP contribution < -0.4 is 5.32 Å². The Bertz CT molecular complexity index is 1430. The summed E-state index contributed by atoms with van der Waals surface area (Å²) in [5.74, 6) is -0.215. The maximum absolute atomic E-state index is 12.7. The van der Waals surface area contributed by atoms with Gasteiger partial charge in [0, 0.05) is 17.7 Å². The molecule has 4 rings (SSSR count). The zero-order valence-electron chi connectivity index (χ0n) is 15.9. The second kappa shape index (κ2) is 8.54. The molecule has 0 saturated heterocycles. The summed E-state index contributed by atoms with van der Waals surface area (Å²) in [5, 5.41) is 13.8. The summed E-state index contributed by atoms with van der Waals surface area (Å²) in [7, 11) is -3.95. The van der Waals surface area contributed by atoms with Crippen LogP contribution >= 0.6 is 22.9 Å². The molecular formula is C20H12ClN3O6S2. The molecule has 0 spiro atoms. The number of benzene rings is 2. The summed E-state index contributed by atoms with van der Waals surface area (Å²) < 4.78 is 30.9. The lowest BCUT2D eigenvalue weighted by molar-refractivity contribution is -0.384. The van der Waals surface area contributed by atoms with Gasteiger partial charge in [-0.1, -0.05) is 35.1 Å². The van der Waals surface area contributed by atoms with E-state index in [2.05, 4.69) is 10.3 Å². The molecule has 9 nitrogen and oxygen atoms in total. The van der Waals surface area contributed by atoms with E-state index < -0.39 is 20.7 Å². The highest BCUT2D eigenvalue weighted by Crippen LogP contribution is 2.31. The number of aromatic nitrogens is 1. The lowest BCUT2D eigenvalue weighted by Gasteiger charge is -2.01. The van der Waals surface area contributed by atoms with Gasteiger partial charge in [0.1, 0.15) is 9.97 Å². The molecule has 4 aromatic rings. The number of non-ortho nitro benzene ring substituents is 1. The molecule has 0 aliphatic heterocycles. The minimum absolute atomic E-state index is 0.00473. The number of halogens is 1. The maximum atomic E-state index is 12.7. The maximum Gasteiger partial charge on any atom is 0.293 e. The van der Waals surface area contributed by atoms with E-state index in [1.54, 1.807) is 30.3 Å². The van der Waals surface area contributed by atoms with Gasteiger partial charge in [0.05, 0.1) is 21.0 Å². The molecule has 12 heteroatoms. The first-order valence-corrected chi connectivity index (χ1v) is 11.5. The summed E-state index contributed by atoms with van der Waals surface area (Å²) in [4.78, 5) is 26.4. The van der Waals surface area contributed by atoms with E-state index in [1.807, 2.05) is 0 Å². The average Bonchev–Trinajstić information content (AvgIpc) is 3.44. The van der Waals surface area contributed by atoms with Gasteiger partial charge < -0.3 is 4.42 Å². The lowest BCUT2D eigenvalue weighted by atomic mass is 10.2. The van der Waals surface area contributed by atoms with Crippen LogP contribution in [0.25, 0.3) is 11.3 Å². The Hall–Kier alpha value is -3.54. The molecule has 0 aliphatic rings. The van der Waals surface area contributed by atoms with E-state index in [-0.39, 0.29) is 25.7 Å². The van der Waals surface area contributed by atoms with Gasteiger partial charge in [0.15, 0.2) is 10.9 Å². The van der Waals surface area contributed by atoms with Crippen molar-refractivity contribution in [2.24, 2.45) is 0 Å². The first-order valence-electron chi connectivity index (χ1n) is 8.87. The van der Waals surface area contributed by atoms with Crippen molar-refractivity contribution in [2.45, 2.75) is 9.10 Å². The third-order valence-electron chi connectivity index (χ3n) is 4.30. The topological polar surface area (TPSA) is 132 Å². The first kappa shape index (κ1) is 21.7. The van der Waals surface area contributed by atoms with Crippen molar-refractivity contribution >= 4 is 49.5 Å². The molecule has 32 heavy (non-hydrogen) atoms. The molecule has 2 aromatic carbocycles. The van der Waals surface area contributed by atoms with E-state index >= 15 is 0 Å². The molecule has 1 N–H and O–H groups in total. The standard InChI is InChI=1S/C20H12ClN3O6S2/c21-15-4-2-1-3-14(15)16-9-10-17(30-16)19(25)23-20-22-11-18(31-20)32(28,29)13-7-5-12(6-8-13)24(26)27/h1-11H,(H,22,23,25). The third-order valence-corrected chi connectivity index (χ3v) is 7.77. The Morgan fingerprint density at radius 1 is 1.09 bits per heavy atom. The molecule has 162 valence electrons. The van der Waals surface area contributed by atoms with Gasteiger partial charge in [0.25, 0.3) is 11.6 Å². The molecule has 0 radical (unpaired) electrons. The van der Waals surface area contributed by atoms with Crippen molar-refractivity contribution in [1.29, 1.82) is 0 Å². The fourth-order valence-corrected chi connectivity index (χ4v) is 5.39. The predicted molar refractivity (Wildman–Crippen MR) is 118 cm³/mol. The van der Waals surface area contributed by atoms with Crippen molar-refractivity contribution in [1.82, 2.24) is 4.98 Å². The number of thiazole rings is 1. The Morgan fingerprint density at radius 3 is 2.50 bits per heavy atom. The van der Waals surface area contributed by atoms with Gasteiger partial charge in [0.2, 0.25) is 9.84 Å². The summed E-state index contributed by atoms with van der Waals surface area (Å²) in [6.45, 7) is 0. The summed E-state index contributed by atoms with van der Waals surface area (Å²) in [5.41, 5.74) is 0.398. The highest BCUT2D eigenvalue weighted by Gasteiger charge is 2.23. The van der Waals surface area contributed by atoms with Crippen LogP contribution in [0.3, 0.4) is 0 Å². The van der Waals surface area contributed by atoms with Crippen LogP contribution in [0.15, 0.2) is 80.4 Å². The molecule has 0 fully saturated rings.